The fourth-order valence-corrected chi connectivity index (χ4v) is 4.38. The highest BCUT2D eigenvalue weighted by molar-refractivity contribution is 5.99. The fraction of sp³-hybridized carbons (Fsp3) is 0.458. The Morgan fingerprint density at radius 2 is 1.75 bits per heavy atom. The van der Waals surface area contributed by atoms with E-state index >= 15 is 0 Å². The first-order valence-corrected chi connectivity index (χ1v) is 11.1. The summed E-state index contributed by atoms with van der Waals surface area (Å²) < 4.78 is 32.1. The molecule has 1 amide bonds. The molecule has 0 radical (unpaired) electrons. The Balaban J connectivity index is 1.18. The lowest BCUT2D eigenvalue weighted by molar-refractivity contribution is -0.119. The van der Waals surface area contributed by atoms with E-state index in [9.17, 15) is 18.7 Å². The molecule has 0 aliphatic carbocycles. The Morgan fingerprint density at radius 1 is 1.03 bits per heavy atom. The van der Waals surface area contributed by atoms with Crippen molar-refractivity contribution < 1.29 is 23.4 Å². The van der Waals surface area contributed by atoms with Crippen molar-refractivity contribution in [3.8, 4) is 5.75 Å². The molecule has 4 rings (SSSR count). The van der Waals surface area contributed by atoms with E-state index in [1.54, 1.807) is 35.2 Å². The second kappa shape index (κ2) is 10.4. The minimum atomic E-state index is -0.709. The summed E-state index contributed by atoms with van der Waals surface area (Å²) in [7, 11) is 0. The van der Waals surface area contributed by atoms with Gasteiger partial charge in [-0.1, -0.05) is 12.1 Å². The SMILES string of the molecule is O=C1[C@H](NC2CCN(C[C@@H](O)COc3ccccc3F)CC2)CCN1c1ccc(F)cc1. The van der Waals surface area contributed by atoms with Gasteiger partial charge in [-0.3, -0.25) is 4.79 Å². The normalized spacial score (nSPS) is 21.2. The predicted molar refractivity (Wildman–Crippen MR) is 118 cm³/mol. The molecular formula is C24H29F2N3O3. The molecule has 172 valence electrons. The van der Waals surface area contributed by atoms with E-state index in [0.717, 1.165) is 38.0 Å². The number of aliphatic hydroxyl groups excluding tert-OH is 1. The second-order valence-corrected chi connectivity index (χ2v) is 8.44. The van der Waals surface area contributed by atoms with Crippen LogP contribution in [0.5, 0.6) is 5.75 Å². The zero-order valence-electron chi connectivity index (χ0n) is 17.9. The van der Waals surface area contributed by atoms with Crippen LogP contribution in [0.15, 0.2) is 48.5 Å². The number of benzene rings is 2. The standard InChI is InChI=1S/C24H29F2N3O3/c25-17-5-7-19(8-6-17)29-14-11-22(24(29)31)27-18-9-12-28(13-10-18)15-20(30)16-32-23-4-2-1-3-21(23)26/h1-8,18,20,22,27,30H,9-16H2/t20-,22-/m1/s1. The monoisotopic (exact) mass is 445 g/mol. The molecule has 0 aromatic heterocycles. The van der Waals surface area contributed by atoms with Gasteiger partial charge in [0.2, 0.25) is 5.91 Å². The number of carbonyl (C=O) groups is 1. The molecule has 8 heteroatoms. The van der Waals surface area contributed by atoms with Gasteiger partial charge >= 0.3 is 0 Å². The molecule has 32 heavy (non-hydrogen) atoms. The van der Waals surface area contributed by atoms with Crippen molar-refractivity contribution in [3.63, 3.8) is 0 Å². The van der Waals surface area contributed by atoms with Gasteiger partial charge in [-0.05, 0) is 68.8 Å². The first-order chi connectivity index (χ1) is 15.5. The number of β-amino-alcohol motifs (C(OH)–C–C–N with tert-alkyl or cyclic N) is 1. The van der Waals surface area contributed by atoms with Crippen molar-refractivity contribution in [2.45, 2.75) is 37.5 Å². The molecule has 2 fully saturated rings. The number of amides is 1. The number of piperidine rings is 1. The molecule has 2 aliphatic heterocycles. The summed E-state index contributed by atoms with van der Waals surface area (Å²) in [5, 5.41) is 13.7. The third-order valence-corrected chi connectivity index (χ3v) is 6.11. The molecule has 0 unspecified atom stereocenters. The van der Waals surface area contributed by atoms with Crippen LogP contribution in [0.3, 0.4) is 0 Å². The first-order valence-electron chi connectivity index (χ1n) is 11.1. The number of para-hydroxylation sites is 1. The Kier molecular flexibility index (Phi) is 7.34. The average molecular weight is 446 g/mol. The number of anilines is 1. The van der Waals surface area contributed by atoms with Gasteiger partial charge in [0.05, 0.1) is 6.04 Å². The smallest absolute Gasteiger partial charge is 0.244 e. The maximum absolute atomic E-state index is 13.6. The van der Waals surface area contributed by atoms with Gasteiger partial charge in [-0.15, -0.1) is 0 Å². The summed E-state index contributed by atoms with van der Waals surface area (Å²) in [6.07, 6.45) is 1.77. The van der Waals surface area contributed by atoms with Crippen LogP contribution in [0, 0.1) is 11.6 Å². The lowest BCUT2D eigenvalue weighted by Crippen LogP contribution is -2.50. The summed E-state index contributed by atoms with van der Waals surface area (Å²) >= 11 is 0. The van der Waals surface area contributed by atoms with Gasteiger partial charge in [0, 0.05) is 24.8 Å². The molecule has 6 nitrogen and oxygen atoms in total. The van der Waals surface area contributed by atoms with E-state index in [2.05, 4.69) is 10.2 Å². The van der Waals surface area contributed by atoms with Crippen LogP contribution in [0.1, 0.15) is 19.3 Å². The Bertz CT molecular complexity index is 904. The number of halogens is 2. The van der Waals surface area contributed by atoms with Crippen molar-refractivity contribution >= 4 is 11.6 Å². The molecule has 2 aromatic carbocycles. The molecular weight excluding hydrogens is 416 g/mol. The molecule has 2 heterocycles. The van der Waals surface area contributed by atoms with Crippen molar-refractivity contribution in [2.24, 2.45) is 0 Å². The van der Waals surface area contributed by atoms with Crippen molar-refractivity contribution in [1.82, 2.24) is 10.2 Å². The largest absolute Gasteiger partial charge is 0.488 e. The topological polar surface area (TPSA) is 65.0 Å². The number of nitrogens with one attached hydrogen (secondary N) is 1. The van der Waals surface area contributed by atoms with Crippen LogP contribution < -0.4 is 15.0 Å². The van der Waals surface area contributed by atoms with Crippen molar-refractivity contribution in [3.05, 3.63) is 60.2 Å². The summed E-state index contributed by atoms with van der Waals surface area (Å²) in [5.74, 6) is -0.582. The highest BCUT2D eigenvalue weighted by Gasteiger charge is 2.34. The van der Waals surface area contributed by atoms with E-state index in [4.69, 9.17) is 4.74 Å². The van der Waals surface area contributed by atoms with Gasteiger partial charge in [0.25, 0.3) is 0 Å². The van der Waals surface area contributed by atoms with E-state index in [1.165, 1.54) is 18.2 Å². The third-order valence-electron chi connectivity index (χ3n) is 6.11. The lowest BCUT2D eigenvalue weighted by Gasteiger charge is -2.34. The van der Waals surface area contributed by atoms with E-state index in [0.29, 0.717) is 13.1 Å². The molecule has 2 aromatic rings. The molecule has 2 atom stereocenters. The van der Waals surface area contributed by atoms with Crippen LogP contribution in [-0.2, 0) is 4.79 Å². The zero-order chi connectivity index (χ0) is 22.5. The number of carbonyl (C=O) groups excluding carboxylic acids is 1. The summed E-state index contributed by atoms with van der Waals surface area (Å²) in [6, 6.07) is 12.2. The maximum atomic E-state index is 13.6. The molecule has 2 saturated heterocycles. The van der Waals surface area contributed by atoms with Gasteiger partial charge in [0.15, 0.2) is 11.6 Å². The number of hydrogen-bond acceptors (Lipinski definition) is 5. The maximum Gasteiger partial charge on any atom is 0.244 e. The minimum Gasteiger partial charge on any atom is -0.488 e. The predicted octanol–water partition coefficient (Wildman–Crippen LogP) is 2.56. The van der Waals surface area contributed by atoms with Crippen LogP contribution in [0.25, 0.3) is 0 Å². The summed E-state index contributed by atoms with van der Waals surface area (Å²) in [4.78, 5) is 16.6. The van der Waals surface area contributed by atoms with Gasteiger partial charge < -0.3 is 25.0 Å². The Labute approximate surface area is 186 Å². The molecule has 0 saturated carbocycles. The number of hydrogen-bond donors (Lipinski definition) is 2. The Morgan fingerprint density at radius 3 is 2.47 bits per heavy atom. The number of likely N-dealkylation sites (tertiary alicyclic amines) is 1. The number of rotatable bonds is 8. The molecule has 2 aliphatic rings. The van der Waals surface area contributed by atoms with Gasteiger partial charge in [0.1, 0.15) is 18.5 Å². The van der Waals surface area contributed by atoms with E-state index < -0.39 is 11.9 Å². The third kappa shape index (κ3) is 5.62. The average Bonchev–Trinajstić information content (AvgIpc) is 3.15. The van der Waals surface area contributed by atoms with Crippen LogP contribution >= 0.6 is 0 Å². The quantitative estimate of drug-likeness (QED) is 0.654. The van der Waals surface area contributed by atoms with E-state index in [1.807, 2.05) is 0 Å². The van der Waals surface area contributed by atoms with Crippen molar-refractivity contribution in [1.29, 1.82) is 0 Å². The van der Waals surface area contributed by atoms with Crippen LogP contribution in [0.2, 0.25) is 0 Å². The zero-order valence-corrected chi connectivity index (χ0v) is 17.9. The first kappa shape index (κ1) is 22.6. The van der Waals surface area contributed by atoms with Gasteiger partial charge in [-0.2, -0.15) is 0 Å². The lowest BCUT2D eigenvalue weighted by atomic mass is 10.0. The molecule has 0 spiro atoms. The van der Waals surface area contributed by atoms with Gasteiger partial charge in [-0.25, -0.2) is 8.78 Å². The Hall–Kier alpha value is -2.55. The number of ether oxygens (including phenoxy) is 1. The fourth-order valence-electron chi connectivity index (χ4n) is 4.38. The van der Waals surface area contributed by atoms with Crippen molar-refractivity contribution in [2.75, 3.05) is 37.7 Å². The number of nitrogens with zero attached hydrogens (tertiary/aromatic N) is 2. The molecule has 0 bridgehead atoms. The highest BCUT2D eigenvalue weighted by Crippen LogP contribution is 2.23. The summed E-state index contributed by atoms with van der Waals surface area (Å²) in [5.41, 5.74) is 0.724. The van der Waals surface area contributed by atoms with Crippen LogP contribution in [0.4, 0.5) is 14.5 Å². The second-order valence-electron chi connectivity index (χ2n) is 8.44. The highest BCUT2D eigenvalue weighted by atomic mass is 19.1. The number of aliphatic hydroxyl groups is 1. The summed E-state index contributed by atoms with van der Waals surface area (Å²) in [6.45, 7) is 2.72. The molecule has 2 N–H and O–H groups in total. The van der Waals surface area contributed by atoms with E-state index in [-0.39, 0.29) is 36.2 Å². The minimum absolute atomic E-state index is 0.0275. The van der Waals surface area contributed by atoms with Crippen LogP contribution in [-0.4, -0.2) is 66.9 Å².